The van der Waals surface area contributed by atoms with Crippen LogP contribution in [0.25, 0.3) is 0 Å². The van der Waals surface area contributed by atoms with Gasteiger partial charge < -0.3 is 14.9 Å². The van der Waals surface area contributed by atoms with Crippen molar-refractivity contribution in [2.45, 2.75) is 44.8 Å². The molecule has 3 unspecified atom stereocenters. The van der Waals surface area contributed by atoms with Crippen LogP contribution >= 0.6 is 11.6 Å². The van der Waals surface area contributed by atoms with Crippen molar-refractivity contribution in [2.24, 2.45) is 0 Å². The third kappa shape index (κ3) is 3.87. The molecule has 0 aliphatic rings. The Bertz CT molecular complexity index is 381. The van der Waals surface area contributed by atoms with Crippen molar-refractivity contribution in [3.63, 3.8) is 0 Å². The Morgan fingerprint density at radius 1 is 1.28 bits per heavy atom. The van der Waals surface area contributed by atoms with Crippen molar-refractivity contribution in [3.05, 3.63) is 28.8 Å². The Hall–Kier alpha value is -0.770. The quantitative estimate of drug-likeness (QED) is 0.837. The van der Waals surface area contributed by atoms with E-state index in [1.807, 2.05) is 26.0 Å². The van der Waals surface area contributed by atoms with E-state index in [2.05, 4.69) is 0 Å². The molecule has 0 saturated carbocycles. The highest BCUT2D eigenvalue weighted by Crippen LogP contribution is 2.32. The van der Waals surface area contributed by atoms with Crippen LogP contribution in [0.4, 0.5) is 0 Å². The molecular formula is C14H21ClO3. The van der Waals surface area contributed by atoms with Crippen molar-refractivity contribution in [2.75, 3.05) is 7.11 Å². The van der Waals surface area contributed by atoms with Gasteiger partial charge in [-0.1, -0.05) is 25.4 Å². The van der Waals surface area contributed by atoms with Crippen LogP contribution in [0.3, 0.4) is 0 Å². The van der Waals surface area contributed by atoms with E-state index in [0.29, 0.717) is 17.9 Å². The molecule has 0 amide bonds. The minimum Gasteiger partial charge on any atom is -0.496 e. The molecule has 0 saturated heterocycles. The average molecular weight is 273 g/mol. The summed E-state index contributed by atoms with van der Waals surface area (Å²) in [7, 11) is 1.61. The molecule has 1 rings (SSSR count). The molecule has 3 nitrogen and oxygen atoms in total. The smallest absolute Gasteiger partial charge is 0.122 e. The second-order valence-electron chi connectivity index (χ2n) is 4.57. The Kier molecular flexibility index (Phi) is 5.93. The lowest BCUT2D eigenvalue weighted by atomic mass is 9.92. The number of rotatable bonds is 6. The van der Waals surface area contributed by atoms with E-state index in [4.69, 9.17) is 16.3 Å². The molecule has 0 radical (unpaired) electrons. The number of aliphatic hydroxyl groups is 2. The minimum absolute atomic E-state index is 0.0647. The highest BCUT2D eigenvalue weighted by Gasteiger charge is 2.20. The zero-order chi connectivity index (χ0) is 13.7. The zero-order valence-electron chi connectivity index (χ0n) is 11.1. The lowest BCUT2D eigenvalue weighted by molar-refractivity contribution is 0.00944. The highest BCUT2D eigenvalue weighted by molar-refractivity contribution is 6.30. The van der Waals surface area contributed by atoms with E-state index >= 15 is 0 Å². The number of benzene rings is 1. The van der Waals surface area contributed by atoms with Gasteiger partial charge in [-0.05, 0) is 42.5 Å². The minimum atomic E-state index is -0.728. The Balaban J connectivity index is 2.83. The summed E-state index contributed by atoms with van der Waals surface area (Å²) < 4.78 is 5.29. The summed E-state index contributed by atoms with van der Waals surface area (Å²) in [6.07, 6.45) is -0.391. The van der Waals surface area contributed by atoms with Crippen molar-refractivity contribution < 1.29 is 14.9 Å². The maximum atomic E-state index is 9.86. The number of hydrogen-bond donors (Lipinski definition) is 2. The van der Waals surface area contributed by atoms with Crippen molar-refractivity contribution in [3.8, 4) is 5.75 Å². The molecular weight excluding hydrogens is 252 g/mol. The van der Waals surface area contributed by atoms with E-state index in [-0.39, 0.29) is 5.92 Å². The number of halogens is 1. The Morgan fingerprint density at radius 2 is 1.94 bits per heavy atom. The van der Waals surface area contributed by atoms with Gasteiger partial charge in [-0.25, -0.2) is 0 Å². The maximum absolute atomic E-state index is 9.86. The molecule has 3 atom stereocenters. The average Bonchev–Trinajstić information content (AvgIpc) is 2.37. The van der Waals surface area contributed by atoms with Crippen LogP contribution in [0.5, 0.6) is 5.75 Å². The molecule has 0 bridgehead atoms. The molecule has 1 aromatic carbocycles. The molecule has 1 aromatic rings. The molecule has 0 aliphatic heterocycles. The van der Waals surface area contributed by atoms with Gasteiger partial charge in [0.15, 0.2) is 0 Å². The summed E-state index contributed by atoms with van der Waals surface area (Å²) in [5.41, 5.74) is 0.951. The molecule has 18 heavy (non-hydrogen) atoms. The van der Waals surface area contributed by atoms with E-state index in [1.54, 1.807) is 13.2 Å². The van der Waals surface area contributed by atoms with Crippen molar-refractivity contribution in [1.82, 2.24) is 0 Å². The first-order valence-corrected chi connectivity index (χ1v) is 6.56. The van der Waals surface area contributed by atoms with Gasteiger partial charge >= 0.3 is 0 Å². The summed E-state index contributed by atoms with van der Waals surface area (Å²) in [4.78, 5) is 0. The van der Waals surface area contributed by atoms with E-state index in [0.717, 1.165) is 11.3 Å². The van der Waals surface area contributed by atoms with Crippen molar-refractivity contribution in [1.29, 1.82) is 0 Å². The van der Waals surface area contributed by atoms with E-state index in [1.165, 1.54) is 0 Å². The topological polar surface area (TPSA) is 49.7 Å². The van der Waals surface area contributed by atoms with Gasteiger partial charge in [0.2, 0.25) is 0 Å². The highest BCUT2D eigenvalue weighted by atomic mass is 35.5. The van der Waals surface area contributed by atoms with Crippen molar-refractivity contribution >= 4 is 11.6 Å². The second kappa shape index (κ2) is 6.98. The fourth-order valence-electron chi connectivity index (χ4n) is 2.01. The molecule has 0 fully saturated rings. The summed E-state index contributed by atoms with van der Waals surface area (Å²) in [6, 6.07) is 5.43. The first kappa shape index (κ1) is 15.3. The predicted molar refractivity (Wildman–Crippen MR) is 73.3 cm³/mol. The van der Waals surface area contributed by atoms with Gasteiger partial charge in [-0.3, -0.25) is 0 Å². The van der Waals surface area contributed by atoms with Gasteiger partial charge in [0.25, 0.3) is 0 Å². The monoisotopic (exact) mass is 272 g/mol. The summed E-state index contributed by atoms with van der Waals surface area (Å²) in [6.45, 7) is 3.83. The van der Waals surface area contributed by atoms with Crippen LogP contribution in [0.15, 0.2) is 18.2 Å². The standard InChI is InChI=1S/C14H21ClO3/c1-4-12(16)13(17)7-9(2)11-8-10(15)5-6-14(11)18-3/h5-6,8-9,12-13,16-17H,4,7H2,1-3H3. The lowest BCUT2D eigenvalue weighted by Crippen LogP contribution is -2.26. The van der Waals surface area contributed by atoms with Gasteiger partial charge in [-0.2, -0.15) is 0 Å². The molecule has 0 aromatic heterocycles. The van der Waals surface area contributed by atoms with Crippen LogP contribution in [0.1, 0.15) is 38.2 Å². The molecule has 0 aliphatic carbocycles. The molecule has 4 heteroatoms. The largest absolute Gasteiger partial charge is 0.496 e. The third-order valence-corrected chi connectivity index (χ3v) is 3.42. The van der Waals surface area contributed by atoms with E-state index in [9.17, 15) is 10.2 Å². The summed E-state index contributed by atoms with van der Waals surface area (Å²) >= 11 is 5.98. The first-order valence-electron chi connectivity index (χ1n) is 6.19. The SMILES string of the molecule is CCC(O)C(O)CC(C)c1cc(Cl)ccc1OC. The number of hydrogen-bond acceptors (Lipinski definition) is 3. The van der Waals surface area contributed by atoms with Crippen LogP contribution in [0.2, 0.25) is 5.02 Å². The van der Waals surface area contributed by atoms with Crippen LogP contribution in [-0.2, 0) is 0 Å². The predicted octanol–water partition coefficient (Wildman–Crippen LogP) is 2.97. The van der Waals surface area contributed by atoms with Gasteiger partial charge in [-0.15, -0.1) is 0 Å². The molecule has 0 spiro atoms. The number of aliphatic hydroxyl groups excluding tert-OH is 2. The van der Waals surface area contributed by atoms with Gasteiger partial charge in [0.1, 0.15) is 5.75 Å². The normalized spacial score (nSPS) is 16.1. The van der Waals surface area contributed by atoms with Gasteiger partial charge in [0.05, 0.1) is 19.3 Å². The van der Waals surface area contributed by atoms with Crippen LogP contribution < -0.4 is 4.74 Å². The van der Waals surface area contributed by atoms with Crippen LogP contribution in [0, 0.1) is 0 Å². The second-order valence-corrected chi connectivity index (χ2v) is 5.00. The van der Waals surface area contributed by atoms with Gasteiger partial charge in [0, 0.05) is 5.02 Å². The molecule has 0 heterocycles. The number of methoxy groups -OCH3 is 1. The fraction of sp³-hybridized carbons (Fsp3) is 0.571. The molecule has 102 valence electrons. The third-order valence-electron chi connectivity index (χ3n) is 3.18. The van der Waals surface area contributed by atoms with E-state index < -0.39 is 12.2 Å². The summed E-state index contributed by atoms with van der Waals surface area (Å²) in [5, 5.41) is 20.1. The zero-order valence-corrected chi connectivity index (χ0v) is 11.8. The number of ether oxygens (including phenoxy) is 1. The first-order chi connectivity index (χ1) is 8.49. The lowest BCUT2D eigenvalue weighted by Gasteiger charge is -2.22. The summed E-state index contributed by atoms with van der Waals surface area (Å²) in [5.74, 6) is 0.819. The van der Waals surface area contributed by atoms with Crippen LogP contribution in [-0.4, -0.2) is 29.5 Å². The Morgan fingerprint density at radius 3 is 2.50 bits per heavy atom. The maximum Gasteiger partial charge on any atom is 0.122 e. The Labute approximate surface area is 113 Å². The molecule has 2 N–H and O–H groups in total. The fourth-order valence-corrected chi connectivity index (χ4v) is 2.19.